The van der Waals surface area contributed by atoms with Crippen LogP contribution in [-0.4, -0.2) is 16.1 Å². The maximum Gasteiger partial charge on any atom is 0.309 e. The highest BCUT2D eigenvalue weighted by molar-refractivity contribution is 6.31. The molecule has 76 valence electrons. The predicted octanol–water partition coefficient (Wildman–Crippen LogP) is 2.30. The van der Waals surface area contributed by atoms with E-state index >= 15 is 0 Å². The van der Waals surface area contributed by atoms with Crippen LogP contribution in [0.5, 0.6) is 0 Å². The first-order valence-electron chi connectivity index (χ1n) is 3.65. The Kier molecular flexibility index (Phi) is 3.35. The number of pyridine rings is 1. The molecule has 0 fully saturated rings. The fourth-order valence-electron chi connectivity index (χ4n) is 0.919. The Balaban J connectivity index is 3.00. The molecule has 0 amide bonds. The number of alkyl halides is 2. The van der Waals surface area contributed by atoms with Crippen LogP contribution in [0.3, 0.4) is 0 Å². The molecule has 14 heavy (non-hydrogen) atoms. The number of carbonyl (C=O) groups is 1. The van der Waals surface area contributed by atoms with Gasteiger partial charge in [-0.2, -0.15) is 0 Å². The highest BCUT2D eigenvalue weighted by Crippen LogP contribution is 2.26. The molecule has 0 bridgehead atoms. The average molecular weight is 222 g/mol. The van der Waals surface area contributed by atoms with Crippen molar-refractivity contribution in [3.05, 3.63) is 28.5 Å². The molecule has 0 spiro atoms. The van der Waals surface area contributed by atoms with E-state index in [1.165, 1.54) is 0 Å². The van der Waals surface area contributed by atoms with Gasteiger partial charge in [-0.25, -0.2) is 8.78 Å². The van der Waals surface area contributed by atoms with Gasteiger partial charge in [-0.3, -0.25) is 9.78 Å². The molecule has 0 unspecified atom stereocenters. The summed E-state index contributed by atoms with van der Waals surface area (Å²) in [4.78, 5) is 13.9. The normalized spacial score (nSPS) is 10.6. The van der Waals surface area contributed by atoms with E-state index in [0.29, 0.717) is 0 Å². The summed E-state index contributed by atoms with van der Waals surface area (Å²) in [6.45, 7) is 0. The van der Waals surface area contributed by atoms with Crippen molar-refractivity contribution in [2.75, 3.05) is 0 Å². The summed E-state index contributed by atoms with van der Waals surface area (Å²) >= 11 is 5.44. The molecule has 0 radical (unpaired) electrons. The molecule has 1 rings (SSSR count). The van der Waals surface area contributed by atoms with Crippen LogP contribution in [0.2, 0.25) is 5.02 Å². The summed E-state index contributed by atoms with van der Waals surface area (Å²) in [5, 5.41) is 8.25. The number of aromatic nitrogens is 1. The molecule has 1 aromatic heterocycles. The quantitative estimate of drug-likeness (QED) is 0.852. The smallest absolute Gasteiger partial charge is 0.309 e. The minimum absolute atomic E-state index is 0.0669. The third-order valence-electron chi connectivity index (χ3n) is 1.51. The van der Waals surface area contributed by atoms with E-state index in [4.69, 9.17) is 16.7 Å². The number of aliphatic carboxylic acids is 1. The largest absolute Gasteiger partial charge is 0.481 e. The van der Waals surface area contributed by atoms with E-state index in [9.17, 15) is 13.6 Å². The second kappa shape index (κ2) is 4.32. The number of carboxylic acids is 1. The molecule has 0 aromatic carbocycles. The number of hydrogen-bond donors (Lipinski definition) is 1. The van der Waals surface area contributed by atoms with E-state index in [1.54, 1.807) is 0 Å². The van der Waals surface area contributed by atoms with E-state index in [-0.39, 0.29) is 10.7 Å². The van der Waals surface area contributed by atoms with Gasteiger partial charge in [-0.05, 0) is 6.07 Å². The molecule has 0 aliphatic heterocycles. The van der Waals surface area contributed by atoms with Crippen LogP contribution in [0, 0.1) is 0 Å². The Morgan fingerprint density at radius 1 is 1.64 bits per heavy atom. The molecule has 0 aliphatic carbocycles. The predicted molar refractivity (Wildman–Crippen MR) is 45.5 cm³/mol. The molecule has 1 aromatic rings. The first-order valence-corrected chi connectivity index (χ1v) is 4.02. The molecule has 0 atom stereocenters. The summed E-state index contributed by atoms with van der Waals surface area (Å²) in [6, 6.07) is 1.00. The first-order chi connectivity index (χ1) is 6.50. The lowest BCUT2D eigenvalue weighted by Crippen LogP contribution is -2.03. The van der Waals surface area contributed by atoms with Crippen LogP contribution in [0.1, 0.15) is 17.7 Å². The van der Waals surface area contributed by atoms with Gasteiger partial charge in [0.05, 0.1) is 17.1 Å². The average Bonchev–Trinajstić information content (AvgIpc) is 2.07. The summed E-state index contributed by atoms with van der Waals surface area (Å²) in [6.07, 6.45) is -2.09. The van der Waals surface area contributed by atoms with Crippen LogP contribution in [0.15, 0.2) is 12.3 Å². The summed E-state index contributed by atoms with van der Waals surface area (Å²) in [5.41, 5.74) is -0.324. The minimum Gasteiger partial charge on any atom is -0.481 e. The van der Waals surface area contributed by atoms with Crippen LogP contribution < -0.4 is 0 Å². The highest BCUT2D eigenvalue weighted by Gasteiger charge is 2.14. The number of nitrogens with zero attached hydrogens (tertiary/aromatic N) is 1. The molecular weight excluding hydrogens is 216 g/mol. The lowest BCUT2D eigenvalue weighted by atomic mass is 10.2. The molecule has 3 nitrogen and oxygen atoms in total. The van der Waals surface area contributed by atoms with Crippen molar-refractivity contribution >= 4 is 17.6 Å². The van der Waals surface area contributed by atoms with Crippen LogP contribution in [-0.2, 0) is 11.2 Å². The summed E-state index contributed by atoms with van der Waals surface area (Å²) in [5.74, 6) is -1.12. The van der Waals surface area contributed by atoms with Crippen molar-refractivity contribution in [3.63, 3.8) is 0 Å². The second-order valence-corrected chi connectivity index (χ2v) is 2.98. The van der Waals surface area contributed by atoms with Crippen molar-refractivity contribution in [2.45, 2.75) is 12.8 Å². The van der Waals surface area contributed by atoms with Crippen LogP contribution in [0.4, 0.5) is 8.78 Å². The first kappa shape index (κ1) is 10.8. The Morgan fingerprint density at radius 2 is 2.29 bits per heavy atom. The van der Waals surface area contributed by atoms with Gasteiger partial charge in [0.1, 0.15) is 0 Å². The van der Waals surface area contributed by atoms with Gasteiger partial charge >= 0.3 is 5.97 Å². The number of hydrogen-bond acceptors (Lipinski definition) is 2. The molecule has 0 saturated heterocycles. The lowest BCUT2D eigenvalue weighted by molar-refractivity contribution is -0.136. The van der Waals surface area contributed by atoms with Gasteiger partial charge in [-0.15, -0.1) is 0 Å². The topological polar surface area (TPSA) is 50.2 Å². The Hall–Kier alpha value is -1.23. The van der Waals surface area contributed by atoms with Gasteiger partial charge in [0.25, 0.3) is 6.43 Å². The maximum absolute atomic E-state index is 12.3. The van der Waals surface area contributed by atoms with Crippen LogP contribution >= 0.6 is 11.6 Å². The van der Waals surface area contributed by atoms with Gasteiger partial charge in [0, 0.05) is 11.8 Å². The van der Waals surface area contributed by atoms with E-state index in [1.807, 2.05) is 0 Å². The maximum atomic E-state index is 12.3. The Labute approximate surface area is 83.3 Å². The van der Waals surface area contributed by atoms with Crippen LogP contribution in [0.25, 0.3) is 0 Å². The molecule has 0 saturated carbocycles. The molecular formula is C8H6ClF2NO2. The Morgan fingerprint density at radius 3 is 2.79 bits per heavy atom. The SMILES string of the molecule is O=C(O)Cc1cc(C(F)F)c(Cl)cn1. The van der Waals surface area contributed by atoms with E-state index in [0.717, 1.165) is 12.3 Å². The zero-order valence-electron chi connectivity index (χ0n) is 6.88. The molecule has 1 N–H and O–H groups in total. The minimum atomic E-state index is -2.72. The zero-order chi connectivity index (χ0) is 10.7. The van der Waals surface area contributed by atoms with Crippen molar-refractivity contribution in [3.8, 4) is 0 Å². The van der Waals surface area contributed by atoms with Crippen molar-refractivity contribution in [2.24, 2.45) is 0 Å². The number of carboxylic acid groups (broad SMARTS) is 1. The van der Waals surface area contributed by atoms with E-state index < -0.39 is 24.4 Å². The molecule has 6 heteroatoms. The van der Waals surface area contributed by atoms with Gasteiger partial charge in [0.2, 0.25) is 0 Å². The van der Waals surface area contributed by atoms with Crippen molar-refractivity contribution < 1.29 is 18.7 Å². The van der Waals surface area contributed by atoms with Gasteiger partial charge in [0.15, 0.2) is 0 Å². The fourth-order valence-corrected chi connectivity index (χ4v) is 1.10. The fraction of sp³-hybridized carbons (Fsp3) is 0.250. The van der Waals surface area contributed by atoms with Crippen molar-refractivity contribution in [1.82, 2.24) is 4.98 Å². The van der Waals surface area contributed by atoms with Crippen molar-refractivity contribution in [1.29, 1.82) is 0 Å². The molecule has 1 heterocycles. The second-order valence-electron chi connectivity index (χ2n) is 2.57. The standard InChI is InChI=1S/C8H6ClF2NO2/c9-6-3-12-4(2-7(13)14)1-5(6)8(10)11/h1,3,8H,2H2,(H,13,14). The van der Waals surface area contributed by atoms with Gasteiger partial charge in [-0.1, -0.05) is 11.6 Å². The number of rotatable bonds is 3. The summed E-state index contributed by atoms with van der Waals surface area (Å²) < 4.78 is 24.6. The third kappa shape index (κ3) is 2.63. The van der Waals surface area contributed by atoms with E-state index in [2.05, 4.69) is 4.98 Å². The third-order valence-corrected chi connectivity index (χ3v) is 1.82. The Bertz CT molecular complexity index is 357. The zero-order valence-corrected chi connectivity index (χ0v) is 7.63. The summed E-state index contributed by atoms with van der Waals surface area (Å²) in [7, 11) is 0. The molecule has 0 aliphatic rings. The van der Waals surface area contributed by atoms with Gasteiger partial charge < -0.3 is 5.11 Å². The monoisotopic (exact) mass is 221 g/mol. The highest BCUT2D eigenvalue weighted by atomic mass is 35.5. The number of halogens is 3. The lowest BCUT2D eigenvalue weighted by Gasteiger charge is -2.04.